The van der Waals surface area contributed by atoms with Crippen LogP contribution in [0.25, 0.3) is 11.3 Å². The molecule has 2 N–H and O–H groups in total. The van der Waals surface area contributed by atoms with Crippen LogP contribution >= 0.6 is 0 Å². The van der Waals surface area contributed by atoms with E-state index in [-0.39, 0.29) is 17.9 Å². The molecule has 0 bridgehead atoms. The maximum Gasteiger partial charge on any atom is 0.274 e. The Kier molecular flexibility index (Phi) is 5.40. The first-order valence-corrected chi connectivity index (χ1v) is 11.4. The normalized spacial score (nSPS) is 17.2. The number of hydrogen-bond acceptors (Lipinski definition) is 7. The summed E-state index contributed by atoms with van der Waals surface area (Å²) in [5, 5.41) is 14.6. The van der Waals surface area contributed by atoms with Crippen molar-refractivity contribution in [2.45, 2.75) is 64.3 Å². The number of amides is 1. The lowest BCUT2D eigenvalue weighted by Crippen LogP contribution is -2.38. The molecule has 32 heavy (non-hydrogen) atoms. The van der Waals surface area contributed by atoms with Crippen LogP contribution in [0.2, 0.25) is 0 Å². The summed E-state index contributed by atoms with van der Waals surface area (Å²) in [5.74, 6) is 2.05. The van der Waals surface area contributed by atoms with Crippen LogP contribution in [0.1, 0.15) is 78.9 Å². The summed E-state index contributed by atoms with van der Waals surface area (Å²) in [6, 6.07) is 4.06. The third-order valence-corrected chi connectivity index (χ3v) is 6.13. The number of rotatable bonds is 6. The van der Waals surface area contributed by atoms with Gasteiger partial charge in [0.05, 0.1) is 17.0 Å². The summed E-state index contributed by atoms with van der Waals surface area (Å²) in [4.78, 5) is 24.2. The van der Waals surface area contributed by atoms with Gasteiger partial charge < -0.3 is 14.7 Å². The fourth-order valence-electron chi connectivity index (χ4n) is 4.28. The molecule has 2 aliphatic rings. The average molecular weight is 436 g/mol. The van der Waals surface area contributed by atoms with Gasteiger partial charge in [0.1, 0.15) is 5.69 Å². The van der Waals surface area contributed by atoms with Crippen LogP contribution in [-0.2, 0) is 0 Å². The number of H-pyrrole nitrogens is 1. The standard InChI is InChI=1S/C23H29N7O2/c1-13(2)25-23-24-12-17(20-10-14(3)29-32-20)21(26-23)16-6-8-30(9-7-16)22(31)19-11-18(27-28-19)15-4-5-15/h10-13,15-16H,4-9H2,1-3H3,(H,27,28)(H,24,25,26). The highest BCUT2D eigenvalue weighted by molar-refractivity contribution is 5.92. The zero-order valence-electron chi connectivity index (χ0n) is 18.8. The van der Waals surface area contributed by atoms with Crippen molar-refractivity contribution in [3.63, 3.8) is 0 Å². The van der Waals surface area contributed by atoms with E-state index in [1.807, 2.05) is 30.2 Å². The zero-order chi connectivity index (χ0) is 22.2. The molecule has 168 valence electrons. The number of aromatic nitrogens is 5. The topological polar surface area (TPSA) is 113 Å². The monoisotopic (exact) mass is 435 g/mol. The van der Waals surface area contributed by atoms with Crippen LogP contribution in [0.4, 0.5) is 5.95 Å². The first-order valence-electron chi connectivity index (χ1n) is 11.4. The summed E-state index contributed by atoms with van der Waals surface area (Å²) in [7, 11) is 0. The second-order valence-electron chi connectivity index (χ2n) is 9.17. The minimum absolute atomic E-state index is 0.00235. The van der Waals surface area contributed by atoms with Crippen LogP contribution in [0.5, 0.6) is 0 Å². The van der Waals surface area contributed by atoms with E-state index in [0.29, 0.717) is 36.4 Å². The molecule has 1 aliphatic carbocycles. The summed E-state index contributed by atoms with van der Waals surface area (Å²) < 4.78 is 5.52. The van der Waals surface area contributed by atoms with E-state index in [1.165, 1.54) is 12.8 Å². The Morgan fingerprint density at radius 2 is 1.97 bits per heavy atom. The molecule has 4 heterocycles. The van der Waals surface area contributed by atoms with Crippen LogP contribution in [0.15, 0.2) is 22.9 Å². The molecule has 5 rings (SSSR count). The molecule has 0 radical (unpaired) electrons. The third kappa shape index (κ3) is 4.24. The number of nitrogens with one attached hydrogen (secondary N) is 2. The predicted molar refractivity (Wildman–Crippen MR) is 119 cm³/mol. The number of nitrogens with zero attached hydrogens (tertiary/aromatic N) is 5. The maximum atomic E-state index is 13.0. The number of anilines is 1. The molecule has 1 aliphatic heterocycles. The van der Waals surface area contributed by atoms with Crippen molar-refractivity contribution in [3.05, 3.63) is 41.1 Å². The van der Waals surface area contributed by atoms with Crippen LogP contribution < -0.4 is 5.32 Å². The molecule has 3 aromatic heterocycles. The molecule has 1 saturated carbocycles. The highest BCUT2D eigenvalue weighted by atomic mass is 16.5. The van der Waals surface area contributed by atoms with Crippen molar-refractivity contribution < 1.29 is 9.32 Å². The molecule has 0 atom stereocenters. The molecule has 9 heteroatoms. The largest absolute Gasteiger partial charge is 0.356 e. The molecule has 0 spiro atoms. The van der Waals surface area contributed by atoms with E-state index in [0.717, 1.165) is 35.5 Å². The van der Waals surface area contributed by atoms with Gasteiger partial charge >= 0.3 is 0 Å². The third-order valence-electron chi connectivity index (χ3n) is 6.13. The Bertz CT molecular complexity index is 1110. The highest BCUT2D eigenvalue weighted by Crippen LogP contribution is 2.39. The fourth-order valence-corrected chi connectivity index (χ4v) is 4.28. The number of hydrogen-bond donors (Lipinski definition) is 2. The molecular weight excluding hydrogens is 406 g/mol. The molecule has 9 nitrogen and oxygen atoms in total. The Labute approximate surface area is 187 Å². The Morgan fingerprint density at radius 3 is 2.62 bits per heavy atom. The van der Waals surface area contributed by atoms with E-state index < -0.39 is 0 Å². The minimum Gasteiger partial charge on any atom is -0.356 e. The van der Waals surface area contributed by atoms with Crippen molar-refractivity contribution in [2.24, 2.45) is 0 Å². The van der Waals surface area contributed by atoms with Crippen molar-refractivity contribution in [2.75, 3.05) is 18.4 Å². The molecule has 3 aromatic rings. The SMILES string of the molecule is Cc1cc(-c2cnc(NC(C)C)nc2C2CCN(C(=O)c3cc(C4CC4)[nH]n3)CC2)on1. The Hall–Kier alpha value is -3.23. The van der Waals surface area contributed by atoms with Gasteiger partial charge in [0.2, 0.25) is 5.95 Å². The maximum absolute atomic E-state index is 13.0. The zero-order valence-corrected chi connectivity index (χ0v) is 18.8. The van der Waals surface area contributed by atoms with Gasteiger partial charge in [0.25, 0.3) is 5.91 Å². The van der Waals surface area contributed by atoms with Crippen molar-refractivity contribution >= 4 is 11.9 Å². The summed E-state index contributed by atoms with van der Waals surface area (Å²) in [6.07, 6.45) is 5.82. The fraction of sp³-hybridized carbons (Fsp3) is 0.522. The second-order valence-corrected chi connectivity index (χ2v) is 9.17. The molecule has 1 saturated heterocycles. The molecular formula is C23H29N7O2. The lowest BCUT2D eigenvalue weighted by Gasteiger charge is -2.32. The van der Waals surface area contributed by atoms with Crippen molar-refractivity contribution in [3.8, 4) is 11.3 Å². The molecule has 0 aromatic carbocycles. The van der Waals surface area contributed by atoms with Crippen LogP contribution in [0.3, 0.4) is 0 Å². The summed E-state index contributed by atoms with van der Waals surface area (Å²) in [6.45, 7) is 7.35. The highest BCUT2D eigenvalue weighted by Gasteiger charge is 2.31. The Morgan fingerprint density at radius 1 is 1.19 bits per heavy atom. The van der Waals surface area contributed by atoms with E-state index in [9.17, 15) is 4.79 Å². The van der Waals surface area contributed by atoms with E-state index in [2.05, 4.69) is 39.5 Å². The number of piperidine rings is 1. The quantitative estimate of drug-likeness (QED) is 0.604. The number of carbonyl (C=O) groups excluding carboxylic acids is 1. The number of carbonyl (C=O) groups is 1. The number of likely N-dealkylation sites (tertiary alicyclic amines) is 1. The first kappa shape index (κ1) is 20.7. The van der Waals surface area contributed by atoms with Crippen LogP contribution in [-0.4, -0.2) is 55.3 Å². The average Bonchev–Trinajstić information content (AvgIpc) is 3.35. The van der Waals surface area contributed by atoms with E-state index in [4.69, 9.17) is 9.51 Å². The lowest BCUT2D eigenvalue weighted by atomic mass is 9.90. The van der Waals surface area contributed by atoms with Crippen LogP contribution in [0, 0.1) is 6.92 Å². The summed E-state index contributed by atoms with van der Waals surface area (Å²) in [5.41, 5.74) is 4.24. The van der Waals surface area contributed by atoms with Gasteiger partial charge in [-0.25, -0.2) is 9.97 Å². The van der Waals surface area contributed by atoms with Gasteiger partial charge in [-0.3, -0.25) is 9.89 Å². The molecule has 2 fully saturated rings. The number of aromatic amines is 1. The second kappa shape index (κ2) is 8.37. The van der Waals surface area contributed by atoms with Gasteiger partial charge in [-0.15, -0.1) is 0 Å². The number of aryl methyl sites for hydroxylation is 1. The summed E-state index contributed by atoms with van der Waals surface area (Å²) >= 11 is 0. The van der Waals surface area contributed by atoms with Crippen molar-refractivity contribution in [1.29, 1.82) is 0 Å². The van der Waals surface area contributed by atoms with Gasteiger partial charge in [-0.05, 0) is 52.5 Å². The Balaban J connectivity index is 1.33. The van der Waals surface area contributed by atoms with E-state index >= 15 is 0 Å². The molecule has 1 amide bonds. The van der Waals surface area contributed by atoms with Crippen molar-refractivity contribution in [1.82, 2.24) is 30.2 Å². The molecule has 0 unspecified atom stereocenters. The van der Waals surface area contributed by atoms with Gasteiger partial charge in [-0.1, -0.05) is 5.16 Å². The van der Waals surface area contributed by atoms with Gasteiger partial charge in [-0.2, -0.15) is 5.10 Å². The van der Waals surface area contributed by atoms with Gasteiger partial charge in [0, 0.05) is 48.9 Å². The van der Waals surface area contributed by atoms with E-state index in [1.54, 1.807) is 0 Å². The lowest BCUT2D eigenvalue weighted by molar-refractivity contribution is 0.0706. The first-order chi connectivity index (χ1) is 15.5. The van der Waals surface area contributed by atoms with Gasteiger partial charge in [0.15, 0.2) is 5.76 Å². The predicted octanol–water partition coefficient (Wildman–Crippen LogP) is 3.88. The minimum atomic E-state index is 0.00235. The smallest absolute Gasteiger partial charge is 0.274 e.